The second-order valence-corrected chi connectivity index (χ2v) is 11.1. The molecule has 0 spiro atoms. The van der Waals surface area contributed by atoms with E-state index < -0.39 is 30.4 Å². The molecule has 2 atom stereocenters. The Bertz CT molecular complexity index is 1310. The minimum Gasteiger partial charge on any atom is -0.399 e. The van der Waals surface area contributed by atoms with E-state index in [1.54, 1.807) is 6.20 Å². The Morgan fingerprint density at radius 1 is 1.05 bits per heavy atom. The van der Waals surface area contributed by atoms with Crippen LogP contribution < -0.4 is 16.1 Å². The molecule has 0 radical (unpaired) electrons. The largest absolute Gasteiger partial charge is 0.494 e. The zero-order valence-electron chi connectivity index (χ0n) is 23.2. The van der Waals surface area contributed by atoms with Gasteiger partial charge in [-0.1, -0.05) is 54.6 Å². The first-order valence-corrected chi connectivity index (χ1v) is 13.4. The monoisotopic (exact) mass is 529 g/mol. The van der Waals surface area contributed by atoms with Gasteiger partial charge in [0, 0.05) is 13.6 Å². The summed E-state index contributed by atoms with van der Waals surface area (Å²) in [7, 11) is 1.12. The van der Waals surface area contributed by atoms with E-state index >= 15 is 0 Å². The van der Waals surface area contributed by atoms with Gasteiger partial charge in [0.1, 0.15) is 11.9 Å². The molecule has 39 heavy (non-hydrogen) atoms. The Kier molecular flexibility index (Phi) is 7.26. The summed E-state index contributed by atoms with van der Waals surface area (Å²) in [6.45, 7) is 8.77. The summed E-state index contributed by atoms with van der Waals surface area (Å²) in [4.78, 5) is 35.8. The molecule has 5 rings (SSSR count). The van der Waals surface area contributed by atoms with Crippen LogP contribution in [-0.4, -0.2) is 58.7 Å². The van der Waals surface area contributed by atoms with Gasteiger partial charge in [-0.15, -0.1) is 0 Å². The molecule has 2 aliphatic heterocycles. The average Bonchev–Trinajstić information content (AvgIpc) is 3.65. The molecule has 0 unspecified atom stereocenters. The molecule has 10 heteroatoms. The molecule has 2 aliphatic rings. The Morgan fingerprint density at radius 3 is 2.36 bits per heavy atom. The molecule has 0 aliphatic carbocycles. The first-order chi connectivity index (χ1) is 18.6. The summed E-state index contributed by atoms with van der Waals surface area (Å²) in [6.07, 6.45) is 3.45. The number of carbonyl (C=O) groups excluding carboxylic acids is 2. The lowest BCUT2D eigenvalue weighted by atomic mass is 9.79. The van der Waals surface area contributed by atoms with Crippen molar-refractivity contribution in [2.45, 2.75) is 63.8 Å². The number of imidazole rings is 1. The number of nitrogens with one attached hydrogen (secondary N) is 3. The van der Waals surface area contributed by atoms with Crippen molar-refractivity contribution in [3.63, 3.8) is 0 Å². The lowest BCUT2D eigenvalue weighted by Crippen LogP contribution is -2.45. The maximum absolute atomic E-state index is 13.7. The van der Waals surface area contributed by atoms with E-state index in [9.17, 15) is 9.59 Å². The number of nitrogens with zero attached hydrogens (tertiary/aromatic N) is 2. The predicted octanol–water partition coefficient (Wildman–Crippen LogP) is 3.71. The molecule has 1 aromatic heterocycles. The molecule has 3 amide bonds. The fourth-order valence-electron chi connectivity index (χ4n) is 5.07. The van der Waals surface area contributed by atoms with Crippen LogP contribution in [0.3, 0.4) is 0 Å². The third-order valence-electron chi connectivity index (χ3n) is 8.08. The number of urea groups is 1. The fraction of sp³-hybridized carbons (Fsp3) is 0.414. The number of benzene rings is 2. The predicted molar refractivity (Wildman–Crippen MR) is 150 cm³/mol. The van der Waals surface area contributed by atoms with Crippen LogP contribution in [0.2, 0.25) is 0 Å². The lowest BCUT2D eigenvalue weighted by molar-refractivity contribution is -0.134. The van der Waals surface area contributed by atoms with Crippen LogP contribution in [0.5, 0.6) is 0 Å². The smallest absolute Gasteiger partial charge is 0.399 e. The first kappa shape index (κ1) is 27.0. The molecule has 204 valence electrons. The lowest BCUT2D eigenvalue weighted by Gasteiger charge is -2.32. The zero-order valence-corrected chi connectivity index (χ0v) is 23.2. The van der Waals surface area contributed by atoms with Gasteiger partial charge in [0.05, 0.1) is 29.1 Å². The van der Waals surface area contributed by atoms with Crippen LogP contribution in [0, 0.1) is 0 Å². The number of carbonyl (C=O) groups is 2. The van der Waals surface area contributed by atoms with Gasteiger partial charge in [-0.2, -0.15) is 0 Å². The zero-order chi connectivity index (χ0) is 27.8. The topological polar surface area (TPSA) is 109 Å². The Morgan fingerprint density at radius 2 is 1.72 bits per heavy atom. The number of aromatic amines is 1. The summed E-state index contributed by atoms with van der Waals surface area (Å²) in [5, 5.41) is 5.36. The van der Waals surface area contributed by atoms with Crippen molar-refractivity contribution >= 4 is 24.5 Å². The molecule has 3 heterocycles. The summed E-state index contributed by atoms with van der Waals surface area (Å²) >= 11 is 0. The van der Waals surface area contributed by atoms with Gasteiger partial charge in [0.25, 0.3) is 0 Å². The molecule has 3 aromatic rings. The van der Waals surface area contributed by atoms with Crippen molar-refractivity contribution in [2.75, 3.05) is 13.6 Å². The summed E-state index contributed by atoms with van der Waals surface area (Å²) in [5.74, 6) is 0.578. The number of amides is 3. The molecule has 9 nitrogen and oxygen atoms in total. The van der Waals surface area contributed by atoms with Gasteiger partial charge < -0.3 is 29.8 Å². The van der Waals surface area contributed by atoms with E-state index in [4.69, 9.17) is 9.31 Å². The Balaban J connectivity index is 1.33. The van der Waals surface area contributed by atoms with Crippen LogP contribution >= 0.6 is 0 Å². The highest BCUT2D eigenvalue weighted by atomic mass is 16.7. The molecular weight excluding hydrogens is 493 g/mol. The van der Waals surface area contributed by atoms with E-state index in [1.807, 2.05) is 87.2 Å². The molecule has 2 saturated heterocycles. The van der Waals surface area contributed by atoms with Crippen molar-refractivity contribution in [1.82, 2.24) is 25.5 Å². The van der Waals surface area contributed by atoms with Gasteiger partial charge in [-0.05, 0) is 57.1 Å². The van der Waals surface area contributed by atoms with Crippen LogP contribution in [-0.2, 0) is 14.1 Å². The Labute approximate surface area is 229 Å². The summed E-state index contributed by atoms with van der Waals surface area (Å²) in [5.41, 5.74) is 2.75. The van der Waals surface area contributed by atoms with E-state index in [2.05, 4.69) is 20.6 Å². The highest BCUT2D eigenvalue weighted by Gasteiger charge is 2.51. The molecule has 0 saturated carbocycles. The SMILES string of the molecule is CNC(=O)N[C@@H](C(=O)N1CCC[C@H]1c1ncc(-c2ccc(B3OC(C)(C)C(C)(C)O3)cc2)[nH]1)c1ccccc1. The maximum atomic E-state index is 13.7. The van der Waals surface area contributed by atoms with Crippen LogP contribution in [0.25, 0.3) is 11.3 Å². The molecule has 0 bridgehead atoms. The van der Waals surface area contributed by atoms with Gasteiger partial charge >= 0.3 is 13.1 Å². The second kappa shape index (κ2) is 10.5. The van der Waals surface area contributed by atoms with Crippen molar-refractivity contribution in [2.24, 2.45) is 0 Å². The molecule has 3 N–H and O–H groups in total. The number of aromatic nitrogens is 2. The van der Waals surface area contributed by atoms with Crippen LogP contribution in [0.4, 0.5) is 4.79 Å². The van der Waals surface area contributed by atoms with E-state index in [-0.39, 0.29) is 11.9 Å². The highest BCUT2D eigenvalue weighted by Crippen LogP contribution is 2.37. The number of hydrogen-bond acceptors (Lipinski definition) is 5. The highest BCUT2D eigenvalue weighted by molar-refractivity contribution is 6.62. The van der Waals surface area contributed by atoms with Crippen molar-refractivity contribution in [3.8, 4) is 11.3 Å². The van der Waals surface area contributed by atoms with Crippen molar-refractivity contribution in [1.29, 1.82) is 0 Å². The van der Waals surface area contributed by atoms with Gasteiger partial charge in [-0.25, -0.2) is 9.78 Å². The van der Waals surface area contributed by atoms with Gasteiger partial charge in [-0.3, -0.25) is 4.79 Å². The van der Waals surface area contributed by atoms with Crippen molar-refractivity contribution < 1.29 is 18.9 Å². The van der Waals surface area contributed by atoms with E-state index in [0.29, 0.717) is 6.54 Å². The number of likely N-dealkylation sites (tertiary alicyclic amines) is 1. The number of hydrogen-bond donors (Lipinski definition) is 3. The van der Waals surface area contributed by atoms with Gasteiger partial charge in [0.2, 0.25) is 5.91 Å². The second-order valence-electron chi connectivity index (χ2n) is 11.1. The quantitative estimate of drug-likeness (QED) is 0.422. The fourth-order valence-corrected chi connectivity index (χ4v) is 5.07. The molecular formula is C29H36BN5O4. The first-order valence-electron chi connectivity index (χ1n) is 13.4. The third-order valence-corrected chi connectivity index (χ3v) is 8.08. The minimum absolute atomic E-state index is 0.156. The van der Waals surface area contributed by atoms with Gasteiger partial charge in [0.15, 0.2) is 0 Å². The Hall–Kier alpha value is -3.63. The molecule has 2 aromatic carbocycles. The number of rotatable bonds is 6. The summed E-state index contributed by atoms with van der Waals surface area (Å²) < 4.78 is 12.3. The normalized spacial score (nSPS) is 20.6. The van der Waals surface area contributed by atoms with E-state index in [1.165, 1.54) is 7.05 Å². The maximum Gasteiger partial charge on any atom is 0.494 e. The van der Waals surface area contributed by atoms with E-state index in [0.717, 1.165) is 40.9 Å². The standard InChI is InChI=1S/C29H36BN5O4/c1-28(2)29(3,4)39-30(38-28)21-15-13-19(14-16-21)22-18-32-25(33-22)23-12-9-17-35(23)26(36)24(34-27(37)31-5)20-10-7-6-8-11-20/h6-8,10-11,13-16,18,23-24H,9,12,17H2,1-5H3,(H,32,33)(H2,31,34,37)/t23-,24+/m0/s1. The molecule has 2 fully saturated rings. The summed E-state index contributed by atoms with van der Waals surface area (Å²) in [6, 6.07) is 16.0. The van der Waals surface area contributed by atoms with Crippen LogP contribution in [0.15, 0.2) is 60.8 Å². The number of H-pyrrole nitrogens is 1. The third kappa shape index (κ3) is 5.31. The average molecular weight is 529 g/mol. The van der Waals surface area contributed by atoms with Crippen molar-refractivity contribution in [3.05, 3.63) is 72.2 Å². The minimum atomic E-state index is -0.788. The van der Waals surface area contributed by atoms with Crippen LogP contribution in [0.1, 0.15) is 64.0 Å².